The second-order valence-corrected chi connectivity index (χ2v) is 11.7. The summed E-state index contributed by atoms with van der Waals surface area (Å²) in [5.74, 6) is -1.62. The molecule has 0 amide bonds. The molecule has 3 aliphatic heterocycles. The Morgan fingerprint density at radius 3 is 1.84 bits per heavy atom. The van der Waals surface area contributed by atoms with Crippen LogP contribution in [0.1, 0.15) is 12.8 Å². The maximum Gasteiger partial charge on any atom is 0.335 e. The van der Waals surface area contributed by atoms with E-state index in [0.717, 1.165) is 0 Å². The van der Waals surface area contributed by atoms with Crippen LogP contribution in [-0.4, -0.2) is 176 Å². The Kier molecular flexibility index (Phi) is 11.9. The fourth-order valence-corrected chi connectivity index (χ4v) is 5.79. The minimum atomic E-state index is -1.94. The molecule has 256 valence electrons. The van der Waals surface area contributed by atoms with Crippen LogP contribution < -0.4 is 28.7 Å². The van der Waals surface area contributed by atoms with Crippen LogP contribution in [0, 0.1) is 0 Å². The number of hydrogen-bond acceptors (Lipinski definition) is 19. The third-order valence-corrected chi connectivity index (χ3v) is 8.47. The van der Waals surface area contributed by atoms with Crippen molar-refractivity contribution in [3.05, 3.63) is 0 Å². The lowest BCUT2D eigenvalue weighted by Crippen LogP contribution is -2.68. The van der Waals surface area contributed by atoms with Gasteiger partial charge in [-0.3, -0.25) is 0 Å². The summed E-state index contributed by atoms with van der Waals surface area (Å²) in [6.45, 7) is -0.620. The Hall–Kier alpha value is -1.25. The average molecular weight is 644 g/mol. The molecular formula is C24H45N5O15. The van der Waals surface area contributed by atoms with E-state index in [1.165, 1.54) is 0 Å². The fourth-order valence-electron chi connectivity index (χ4n) is 5.79. The highest BCUT2D eigenvalue weighted by Crippen LogP contribution is 2.31. The van der Waals surface area contributed by atoms with Crippen molar-refractivity contribution in [3.8, 4) is 0 Å². The van der Waals surface area contributed by atoms with Gasteiger partial charge >= 0.3 is 5.97 Å². The van der Waals surface area contributed by atoms with Crippen molar-refractivity contribution < 1.29 is 74.1 Å². The lowest BCUT2D eigenvalue weighted by atomic mass is 9.84. The Bertz CT molecular complexity index is 960. The number of carboxylic acid groups (broad SMARTS) is 1. The van der Waals surface area contributed by atoms with Gasteiger partial charge in [0.15, 0.2) is 25.0 Å². The first-order valence-electron chi connectivity index (χ1n) is 14.3. The molecule has 20 heteroatoms. The molecule has 18 N–H and O–H groups in total. The molecule has 0 bridgehead atoms. The standard InChI is InChI=1S/C24H45N5O15/c25-3-9-8(30)2-7(28)22(40-9)42-18-5(26)1-6(27)19(17(18)36)43-24-13(32)11(29)12(31)10(41-24)4-39-23-16(35)14(33)15(34)20(44-23)21(37)38/h5-20,22-24,30-36H,1-4,25-29H2,(H,37,38)/t5-,6+,7+,8-,9+,10+,11-,12+,13+,14?,15?,16?,17-,18+,19-,20?,22+,23?,24+/m0/s1. The van der Waals surface area contributed by atoms with E-state index < -0.39 is 129 Å². The first kappa shape index (κ1) is 35.6. The van der Waals surface area contributed by atoms with Crippen LogP contribution in [0.3, 0.4) is 0 Å². The van der Waals surface area contributed by atoms with Gasteiger partial charge in [0.05, 0.1) is 30.9 Å². The second-order valence-electron chi connectivity index (χ2n) is 11.7. The molecule has 44 heavy (non-hydrogen) atoms. The highest BCUT2D eigenvalue weighted by Gasteiger charge is 2.52. The first-order chi connectivity index (χ1) is 20.7. The molecule has 5 unspecified atom stereocenters. The minimum absolute atomic E-state index is 0.00790. The summed E-state index contributed by atoms with van der Waals surface area (Å²) in [7, 11) is 0. The summed E-state index contributed by atoms with van der Waals surface area (Å²) in [6, 6.07) is -3.84. The van der Waals surface area contributed by atoms with Crippen LogP contribution in [0.5, 0.6) is 0 Å². The van der Waals surface area contributed by atoms with Crippen molar-refractivity contribution in [1.29, 1.82) is 0 Å². The third kappa shape index (κ3) is 7.33. The zero-order chi connectivity index (χ0) is 32.6. The van der Waals surface area contributed by atoms with Gasteiger partial charge in [-0.15, -0.1) is 0 Å². The van der Waals surface area contributed by atoms with E-state index in [1.807, 2.05) is 0 Å². The van der Waals surface area contributed by atoms with E-state index in [0.29, 0.717) is 0 Å². The maximum absolute atomic E-state index is 11.4. The van der Waals surface area contributed by atoms with Crippen LogP contribution in [0.4, 0.5) is 0 Å². The molecule has 0 radical (unpaired) electrons. The average Bonchev–Trinajstić information content (AvgIpc) is 2.97. The fraction of sp³-hybridized carbons (Fsp3) is 0.958. The lowest BCUT2D eigenvalue weighted by Gasteiger charge is -2.48. The summed E-state index contributed by atoms with van der Waals surface area (Å²) in [6.07, 6.45) is -22.0. The van der Waals surface area contributed by atoms with Crippen LogP contribution in [0.2, 0.25) is 0 Å². The molecule has 0 aromatic carbocycles. The van der Waals surface area contributed by atoms with E-state index >= 15 is 0 Å². The van der Waals surface area contributed by atoms with Gasteiger partial charge in [0.2, 0.25) is 0 Å². The number of carboxylic acids is 1. The van der Waals surface area contributed by atoms with E-state index in [2.05, 4.69) is 0 Å². The Morgan fingerprint density at radius 2 is 1.25 bits per heavy atom. The zero-order valence-corrected chi connectivity index (χ0v) is 23.6. The smallest absolute Gasteiger partial charge is 0.335 e. The molecule has 3 saturated heterocycles. The number of hydrogen-bond donors (Lipinski definition) is 13. The highest BCUT2D eigenvalue weighted by atomic mass is 16.7. The van der Waals surface area contributed by atoms with Crippen molar-refractivity contribution in [3.63, 3.8) is 0 Å². The van der Waals surface area contributed by atoms with Crippen molar-refractivity contribution in [1.82, 2.24) is 0 Å². The lowest BCUT2D eigenvalue weighted by molar-refractivity contribution is -0.331. The van der Waals surface area contributed by atoms with Gasteiger partial charge in [0.1, 0.15) is 54.9 Å². The van der Waals surface area contributed by atoms with Gasteiger partial charge in [0.25, 0.3) is 0 Å². The molecule has 4 fully saturated rings. The quantitative estimate of drug-likeness (QED) is 0.111. The van der Waals surface area contributed by atoms with Gasteiger partial charge in [-0.1, -0.05) is 0 Å². The third-order valence-electron chi connectivity index (χ3n) is 8.47. The molecule has 1 aliphatic carbocycles. The Morgan fingerprint density at radius 1 is 0.659 bits per heavy atom. The summed E-state index contributed by atoms with van der Waals surface area (Å²) in [4.78, 5) is 11.4. The predicted octanol–water partition coefficient (Wildman–Crippen LogP) is -8.38. The van der Waals surface area contributed by atoms with Crippen LogP contribution in [-0.2, 0) is 33.2 Å². The van der Waals surface area contributed by atoms with E-state index in [4.69, 9.17) is 57.1 Å². The number of aliphatic carboxylic acids is 1. The largest absolute Gasteiger partial charge is 0.479 e. The number of ether oxygens (including phenoxy) is 6. The number of nitrogens with two attached hydrogens (primary N) is 5. The predicted molar refractivity (Wildman–Crippen MR) is 142 cm³/mol. The van der Waals surface area contributed by atoms with Crippen LogP contribution in [0.25, 0.3) is 0 Å². The topological polar surface area (TPSA) is 364 Å². The van der Waals surface area contributed by atoms with Gasteiger partial charge in [-0.25, -0.2) is 4.79 Å². The molecule has 19 atom stereocenters. The van der Waals surface area contributed by atoms with Crippen molar-refractivity contribution >= 4 is 5.97 Å². The van der Waals surface area contributed by atoms with E-state index in [1.54, 1.807) is 0 Å². The van der Waals surface area contributed by atoms with Gasteiger partial charge in [-0.05, 0) is 12.8 Å². The Labute approximate surface area is 251 Å². The molecule has 4 aliphatic rings. The molecule has 20 nitrogen and oxygen atoms in total. The SMILES string of the molecule is NC[C@H]1O[C@H](O[C@H]2[C@H](O)[C@@H](O[C@H]3O[C@H](COC4OC(C(=O)O)C(O)C(O)C4O)[C@@H](O)[C@H](N)[C@H]3O)[C@H](N)C[C@@H]2N)[C@H](N)C[C@@H]1O. The summed E-state index contributed by atoms with van der Waals surface area (Å²) < 4.78 is 33.6. The summed E-state index contributed by atoms with van der Waals surface area (Å²) in [5.41, 5.74) is 30.2. The number of carbonyl (C=O) groups is 1. The first-order valence-corrected chi connectivity index (χ1v) is 14.3. The second kappa shape index (κ2) is 14.7. The van der Waals surface area contributed by atoms with E-state index in [-0.39, 0.29) is 19.4 Å². The Balaban J connectivity index is 1.42. The molecule has 0 aromatic rings. The molecule has 4 rings (SSSR count). The van der Waals surface area contributed by atoms with Crippen LogP contribution in [0.15, 0.2) is 0 Å². The summed E-state index contributed by atoms with van der Waals surface area (Å²) in [5, 5.41) is 82.0. The maximum atomic E-state index is 11.4. The number of aliphatic hydroxyl groups is 7. The molecule has 1 saturated carbocycles. The van der Waals surface area contributed by atoms with Gasteiger partial charge < -0.3 is 97.9 Å². The monoisotopic (exact) mass is 643 g/mol. The highest BCUT2D eigenvalue weighted by molar-refractivity contribution is 5.73. The molecule has 0 spiro atoms. The van der Waals surface area contributed by atoms with Crippen molar-refractivity contribution in [2.24, 2.45) is 28.7 Å². The molecular weight excluding hydrogens is 598 g/mol. The van der Waals surface area contributed by atoms with Gasteiger partial charge in [-0.2, -0.15) is 0 Å². The zero-order valence-electron chi connectivity index (χ0n) is 23.6. The van der Waals surface area contributed by atoms with Crippen LogP contribution >= 0.6 is 0 Å². The normalized spacial score (nSPS) is 52.0. The summed E-state index contributed by atoms with van der Waals surface area (Å²) >= 11 is 0. The minimum Gasteiger partial charge on any atom is -0.479 e. The molecule has 3 heterocycles. The molecule has 0 aromatic heterocycles. The van der Waals surface area contributed by atoms with Crippen molar-refractivity contribution in [2.45, 2.75) is 129 Å². The number of aliphatic hydroxyl groups excluding tert-OH is 7. The van der Waals surface area contributed by atoms with E-state index in [9.17, 15) is 45.6 Å². The van der Waals surface area contributed by atoms with Gasteiger partial charge in [0, 0.05) is 18.6 Å². The number of rotatable bonds is 9. The van der Waals surface area contributed by atoms with Crippen molar-refractivity contribution in [2.75, 3.05) is 13.2 Å².